The van der Waals surface area contributed by atoms with Crippen LogP contribution in [0.2, 0.25) is 0 Å². The van der Waals surface area contributed by atoms with Gasteiger partial charge in [0, 0.05) is 11.8 Å². The minimum Gasteiger partial charge on any atom is -0.0876 e. The number of allylic oxidation sites excluding steroid dienone is 4. The molecule has 2 atom stereocenters. The summed E-state index contributed by atoms with van der Waals surface area (Å²) < 4.78 is 0. The SMILES string of the molecule is C1=CC(C/C=C\CC2C=Cc3ccccc32)c2ccccc21. The van der Waals surface area contributed by atoms with Gasteiger partial charge in [-0.05, 0) is 35.1 Å². The predicted octanol–water partition coefficient (Wildman–Crippen LogP) is 5.94. The number of fused-ring (bicyclic) bond motifs is 2. The molecule has 0 aliphatic heterocycles. The zero-order chi connectivity index (χ0) is 14.8. The number of hydrogen-bond acceptors (Lipinski definition) is 0. The van der Waals surface area contributed by atoms with Crippen LogP contribution in [0.4, 0.5) is 0 Å². The van der Waals surface area contributed by atoms with E-state index < -0.39 is 0 Å². The lowest BCUT2D eigenvalue weighted by atomic mass is 9.95. The molecule has 0 fully saturated rings. The highest BCUT2D eigenvalue weighted by molar-refractivity contribution is 5.63. The van der Waals surface area contributed by atoms with Crippen molar-refractivity contribution in [2.75, 3.05) is 0 Å². The summed E-state index contributed by atoms with van der Waals surface area (Å²) in [6, 6.07) is 17.4. The van der Waals surface area contributed by atoms with E-state index in [-0.39, 0.29) is 0 Å². The van der Waals surface area contributed by atoms with Gasteiger partial charge in [0.15, 0.2) is 0 Å². The highest BCUT2D eigenvalue weighted by Gasteiger charge is 2.16. The topological polar surface area (TPSA) is 0 Å². The summed E-state index contributed by atoms with van der Waals surface area (Å²) in [6.45, 7) is 0. The fourth-order valence-electron chi connectivity index (χ4n) is 3.54. The van der Waals surface area contributed by atoms with Gasteiger partial charge in [0.05, 0.1) is 0 Å². The van der Waals surface area contributed by atoms with Crippen LogP contribution in [-0.4, -0.2) is 0 Å². The third-order valence-corrected chi connectivity index (χ3v) is 4.75. The molecule has 0 N–H and O–H groups in total. The van der Waals surface area contributed by atoms with Crippen LogP contribution in [0.3, 0.4) is 0 Å². The van der Waals surface area contributed by atoms with E-state index in [0.717, 1.165) is 12.8 Å². The maximum atomic E-state index is 2.35. The first-order valence-corrected chi connectivity index (χ1v) is 8.11. The van der Waals surface area contributed by atoms with Gasteiger partial charge in [0.2, 0.25) is 0 Å². The first kappa shape index (κ1) is 13.3. The average molecular weight is 284 g/mol. The molecule has 0 aromatic heterocycles. The molecule has 0 radical (unpaired) electrons. The van der Waals surface area contributed by atoms with Crippen molar-refractivity contribution in [1.82, 2.24) is 0 Å². The molecule has 2 aliphatic carbocycles. The van der Waals surface area contributed by atoms with Crippen LogP contribution in [0.1, 0.15) is 46.9 Å². The Hall–Kier alpha value is -2.34. The molecule has 0 nitrogen and oxygen atoms in total. The molecule has 2 unspecified atom stereocenters. The van der Waals surface area contributed by atoms with Gasteiger partial charge >= 0.3 is 0 Å². The van der Waals surface area contributed by atoms with Crippen LogP contribution in [0, 0.1) is 0 Å². The first-order chi connectivity index (χ1) is 10.9. The smallest absolute Gasteiger partial charge is 0.00617 e. The number of rotatable bonds is 4. The number of benzene rings is 2. The second kappa shape index (κ2) is 5.81. The zero-order valence-corrected chi connectivity index (χ0v) is 12.7. The van der Waals surface area contributed by atoms with E-state index in [1.165, 1.54) is 22.3 Å². The van der Waals surface area contributed by atoms with Gasteiger partial charge in [0.1, 0.15) is 0 Å². The van der Waals surface area contributed by atoms with Crippen LogP contribution >= 0.6 is 0 Å². The van der Waals surface area contributed by atoms with Gasteiger partial charge in [0.25, 0.3) is 0 Å². The van der Waals surface area contributed by atoms with Crippen molar-refractivity contribution in [2.24, 2.45) is 0 Å². The van der Waals surface area contributed by atoms with Crippen molar-refractivity contribution in [1.29, 1.82) is 0 Å². The van der Waals surface area contributed by atoms with Crippen LogP contribution < -0.4 is 0 Å². The first-order valence-electron chi connectivity index (χ1n) is 8.11. The highest BCUT2D eigenvalue weighted by Crippen LogP contribution is 2.34. The fourth-order valence-corrected chi connectivity index (χ4v) is 3.54. The summed E-state index contributed by atoms with van der Waals surface area (Å²) >= 11 is 0. The third kappa shape index (κ3) is 2.46. The minimum absolute atomic E-state index is 0.554. The van der Waals surface area contributed by atoms with E-state index in [4.69, 9.17) is 0 Å². The molecule has 4 rings (SSSR count). The lowest BCUT2D eigenvalue weighted by molar-refractivity contribution is 0.848. The minimum atomic E-state index is 0.554. The van der Waals surface area contributed by atoms with Crippen molar-refractivity contribution < 1.29 is 0 Å². The summed E-state index contributed by atoms with van der Waals surface area (Å²) in [5.41, 5.74) is 5.71. The van der Waals surface area contributed by atoms with E-state index in [1.54, 1.807) is 0 Å². The van der Waals surface area contributed by atoms with Gasteiger partial charge in [-0.2, -0.15) is 0 Å². The maximum Gasteiger partial charge on any atom is 0.00617 e. The van der Waals surface area contributed by atoms with E-state index in [2.05, 4.69) is 85.0 Å². The molecule has 0 amide bonds. The molecule has 108 valence electrons. The Bertz CT molecular complexity index is 696. The lowest BCUT2D eigenvalue weighted by Gasteiger charge is -2.09. The zero-order valence-electron chi connectivity index (χ0n) is 12.7. The van der Waals surface area contributed by atoms with E-state index in [0.29, 0.717) is 11.8 Å². The van der Waals surface area contributed by atoms with Gasteiger partial charge in [-0.15, -0.1) is 0 Å². The lowest BCUT2D eigenvalue weighted by Crippen LogP contribution is -1.92. The molecule has 0 spiro atoms. The molecule has 2 aromatic rings. The van der Waals surface area contributed by atoms with Crippen molar-refractivity contribution in [3.63, 3.8) is 0 Å². The van der Waals surface area contributed by atoms with Crippen LogP contribution in [-0.2, 0) is 0 Å². The van der Waals surface area contributed by atoms with Gasteiger partial charge in [-0.1, -0.05) is 85.0 Å². The summed E-state index contributed by atoms with van der Waals surface area (Å²) in [7, 11) is 0. The largest absolute Gasteiger partial charge is 0.0876 e. The monoisotopic (exact) mass is 284 g/mol. The molecule has 0 saturated heterocycles. The normalized spacial score (nSPS) is 21.5. The summed E-state index contributed by atoms with van der Waals surface area (Å²) in [4.78, 5) is 0. The Morgan fingerprint density at radius 2 is 1.09 bits per heavy atom. The quantitative estimate of drug-likeness (QED) is 0.609. The summed E-state index contributed by atoms with van der Waals surface area (Å²) in [5.74, 6) is 1.11. The molecule has 0 bridgehead atoms. The molecule has 2 aliphatic rings. The van der Waals surface area contributed by atoms with Crippen molar-refractivity contribution in [3.8, 4) is 0 Å². The molecular weight excluding hydrogens is 264 g/mol. The van der Waals surface area contributed by atoms with E-state index >= 15 is 0 Å². The van der Waals surface area contributed by atoms with Crippen molar-refractivity contribution in [2.45, 2.75) is 24.7 Å². The number of hydrogen-bond donors (Lipinski definition) is 0. The molecule has 0 heterocycles. The van der Waals surface area contributed by atoms with E-state index in [9.17, 15) is 0 Å². The van der Waals surface area contributed by atoms with Crippen molar-refractivity contribution in [3.05, 3.63) is 95.1 Å². The Morgan fingerprint density at radius 1 is 0.636 bits per heavy atom. The Balaban J connectivity index is 1.37. The Labute approximate surface area is 132 Å². The average Bonchev–Trinajstić information content (AvgIpc) is 3.16. The van der Waals surface area contributed by atoms with Gasteiger partial charge in [-0.25, -0.2) is 0 Å². The molecular formula is C22H20. The molecule has 0 heteroatoms. The van der Waals surface area contributed by atoms with Crippen LogP contribution in [0.15, 0.2) is 72.8 Å². The Morgan fingerprint density at radius 3 is 1.59 bits per heavy atom. The second-order valence-corrected chi connectivity index (χ2v) is 6.13. The third-order valence-electron chi connectivity index (χ3n) is 4.75. The second-order valence-electron chi connectivity index (χ2n) is 6.13. The highest BCUT2D eigenvalue weighted by atomic mass is 14.2. The van der Waals surface area contributed by atoms with Gasteiger partial charge in [-0.3, -0.25) is 0 Å². The maximum absolute atomic E-state index is 2.35. The summed E-state index contributed by atoms with van der Waals surface area (Å²) in [6.07, 6.45) is 16.1. The molecule has 22 heavy (non-hydrogen) atoms. The van der Waals surface area contributed by atoms with E-state index in [1.807, 2.05) is 0 Å². The molecule has 0 saturated carbocycles. The van der Waals surface area contributed by atoms with Crippen LogP contribution in [0.25, 0.3) is 12.2 Å². The fraction of sp³-hybridized carbons (Fsp3) is 0.182. The molecule has 2 aromatic carbocycles. The Kier molecular flexibility index (Phi) is 3.52. The standard InChI is InChI=1S/C22H20/c1(7-17-13-15-19-9-3-5-11-21(17)19)2-8-18-14-16-20-10-4-6-12-22(18)20/h1-6,9-18H,7-8H2/b2-1-. The van der Waals surface area contributed by atoms with Gasteiger partial charge < -0.3 is 0 Å². The predicted molar refractivity (Wildman–Crippen MR) is 94.8 cm³/mol. The summed E-state index contributed by atoms with van der Waals surface area (Å²) in [5, 5.41) is 0. The van der Waals surface area contributed by atoms with Crippen molar-refractivity contribution >= 4 is 12.2 Å². The van der Waals surface area contributed by atoms with Crippen LogP contribution in [0.5, 0.6) is 0 Å².